The average molecular weight is 323 g/mol. The molecule has 0 bridgehead atoms. The summed E-state index contributed by atoms with van der Waals surface area (Å²) in [5, 5.41) is 0. The van der Waals surface area contributed by atoms with Crippen LogP contribution in [0.4, 0.5) is 8.78 Å². The van der Waals surface area contributed by atoms with Crippen LogP contribution < -0.4 is 0 Å². The summed E-state index contributed by atoms with van der Waals surface area (Å²) < 4.78 is 28.3. The summed E-state index contributed by atoms with van der Waals surface area (Å²) in [5.74, 6) is -3.74. The summed E-state index contributed by atoms with van der Waals surface area (Å²) in [6.07, 6.45) is 1.42. The maximum atomic E-state index is 14.2. The number of aromatic nitrogens is 1. The van der Waals surface area contributed by atoms with Gasteiger partial charge in [-0.05, 0) is 18.6 Å². The lowest BCUT2D eigenvalue weighted by Crippen LogP contribution is -2.57. The van der Waals surface area contributed by atoms with Crippen LogP contribution in [0.15, 0.2) is 24.4 Å². The lowest BCUT2D eigenvalue weighted by molar-refractivity contribution is -0.162. The SMILES string of the molecule is CN1CC[C@]2(CN(C(=O)Cc3ccccn3)CC(F)(F)C2)C1=O. The zero-order valence-electron chi connectivity index (χ0n) is 13.0. The van der Waals surface area contributed by atoms with E-state index in [9.17, 15) is 18.4 Å². The van der Waals surface area contributed by atoms with Crippen LogP contribution in [0.3, 0.4) is 0 Å². The highest BCUT2D eigenvalue weighted by Gasteiger charge is 2.56. The molecule has 2 fully saturated rings. The van der Waals surface area contributed by atoms with Crippen molar-refractivity contribution in [1.29, 1.82) is 0 Å². The molecule has 0 saturated carbocycles. The third-order valence-corrected chi connectivity index (χ3v) is 4.65. The van der Waals surface area contributed by atoms with Gasteiger partial charge in [0.1, 0.15) is 0 Å². The molecule has 2 amide bonds. The van der Waals surface area contributed by atoms with Gasteiger partial charge in [0.15, 0.2) is 0 Å². The Bertz CT molecular complexity index is 623. The number of carbonyl (C=O) groups is 2. The molecule has 3 heterocycles. The molecule has 2 aliphatic rings. The molecular weight excluding hydrogens is 304 g/mol. The van der Waals surface area contributed by atoms with Crippen LogP contribution >= 0.6 is 0 Å². The number of hydrogen-bond acceptors (Lipinski definition) is 3. The maximum Gasteiger partial charge on any atom is 0.266 e. The second kappa shape index (κ2) is 5.54. The number of nitrogens with zero attached hydrogens (tertiary/aromatic N) is 3. The normalized spacial score (nSPS) is 26.8. The van der Waals surface area contributed by atoms with Crippen LogP contribution in [0.1, 0.15) is 18.5 Å². The fourth-order valence-corrected chi connectivity index (χ4v) is 3.56. The number of pyridine rings is 1. The van der Waals surface area contributed by atoms with Crippen molar-refractivity contribution < 1.29 is 18.4 Å². The zero-order valence-corrected chi connectivity index (χ0v) is 13.0. The molecule has 7 heteroatoms. The Morgan fingerprint density at radius 3 is 2.74 bits per heavy atom. The van der Waals surface area contributed by atoms with E-state index < -0.39 is 30.2 Å². The molecule has 1 atom stereocenters. The van der Waals surface area contributed by atoms with Gasteiger partial charge in [0.2, 0.25) is 11.8 Å². The number of hydrogen-bond donors (Lipinski definition) is 0. The van der Waals surface area contributed by atoms with Crippen molar-refractivity contribution in [3.8, 4) is 0 Å². The van der Waals surface area contributed by atoms with Gasteiger partial charge in [-0.1, -0.05) is 6.07 Å². The number of rotatable bonds is 2. The van der Waals surface area contributed by atoms with Crippen molar-refractivity contribution >= 4 is 11.8 Å². The highest BCUT2D eigenvalue weighted by atomic mass is 19.3. The molecule has 23 heavy (non-hydrogen) atoms. The number of carbonyl (C=O) groups excluding carboxylic acids is 2. The Morgan fingerprint density at radius 1 is 1.35 bits per heavy atom. The van der Waals surface area contributed by atoms with Crippen LogP contribution in [-0.4, -0.2) is 59.2 Å². The Labute approximate surface area is 133 Å². The number of halogens is 2. The summed E-state index contributed by atoms with van der Waals surface area (Å²) in [7, 11) is 1.61. The molecule has 1 aromatic heterocycles. The quantitative estimate of drug-likeness (QED) is 0.825. The summed E-state index contributed by atoms with van der Waals surface area (Å²) in [4.78, 5) is 31.4. The van der Waals surface area contributed by atoms with Gasteiger partial charge >= 0.3 is 0 Å². The second-order valence-corrected chi connectivity index (χ2v) is 6.54. The van der Waals surface area contributed by atoms with Crippen molar-refractivity contribution in [1.82, 2.24) is 14.8 Å². The van der Waals surface area contributed by atoms with E-state index in [-0.39, 0.29) is 18.9 Å². The molecule has 3 rings (SSSR count). The highest BCUT2D eigenvalue weighted by molar-refractivity contribution is 5.86. The van der Waals surface area contributed by atoms with E-state index in [1.807, 2.05) is 0 Å². The first-order chi connectivity index (χ1) is 10.8. The molecule has 0 radical (unpaired) electrons. The number of alkyl halides is 2. The number of amides is 2. The van der Waals surface area contributed by atoms with Crippen molar-refractivity contribution in [2.75, 3.05) is 26.7 Å². The van der Waals surface area contributed by atoms with E-state index in [2.05, 4.69) is 4.98 Å². The van der Waals surface area contributed by atoms with Crippen LogP contribution in [0.5, 0.6) is 0 Å². The van der Waals surface area contributed by atoms with Crippen LogP contribution in [-0.2, 0) is 16.0 Å². The van der Waals surface area contributed by atoms with Gasteiger partial charge in [-0.25, -0.2) is 8.78 Å². The van der Waals surface area contributed by atoms with Crippen molar-refractivity contribution in [3.05, 3.63) is 30.1 Å². The van der Waals surface area contributed by atoms with Gasteiger partial charge in [0.25, 0.3) is 5.92 Å². The van der Waals surface area contributed by atoms with Crippen molar-refractivity contribution in [2.45, 2.75) is 25.2 Å². The summed E-state index contributed by atoms with van der Waals surface area (Å²) in [6, 6.07) is 5.16. The standard InChI is InChI=1S/C16H19F2N3O2/c1-20-7-5-15(14(20)23)9-16(17,18)11-21(10-15)13(22)8-12-4-2-3-6-19-12/h2-4,6H,5,7-11H2,1H3/t15-/m0/s1. The number of piperidine rings is 1. The molecule has 2 aliphatic heterocycles. The van der Waals surface area contributed by atoms with E-state index in [1.165, 1.54) is 4.90 Å². The molecule has 5 nitrogen and oxygen atoms in total. The minimum absolute atomic E-state index is 0.0307. The van der Waals surface area contributed by atoms with Crippen LogP contribution in [0.2, 0.25) is 0 Å². The van der Waals surface area contributed by atoms with Crippen LogP contribution in [0.25, 0.3) is 0 Å². The Kier molecular flexibility index (Phi) is 3.82. The van der Waals surface area contributed by atoms with E-state index in [0.717, 1.165) is 4.90 Å². The van der Waals surface area contributed by atoms with Gasteiger partial charge < -0.3 is 9.80 Å². The Balaban J connectivity index is 1.79. The molecule has 1 spiro atoms. The fourth-order valence-electron chi connectivity index (χ4n) is 3.56. The van der Waals surface area contributed by atoms with Gasteiger partial charge in [-0.3, -0.25) is 14.6 Å². The predicted molar refractivity (Wildman–Crippen MR) is 78.8 cm³/mol. The van der Waals surface area contributed by atoms with Gasteiger partial charge in [-0.2, -0.15) is 0 Å². The molecule has 0 aliphatic carbocycles. The van der Waals surface area contributed by atoms with Gasteiger partial charge in [0.05, 0.1) is 18.4 Å². The minimum atomic E-state index is -3.04. The van der Waals surface area contributed by atoms with Crippen LogP contribution in [0, 0.1) is 5.41 Å². The highest BCUT2D eigenvalue weighted by Crippen LogP contribution is 2.45. The molecular formula is C16H19F2N3O2. The monoisotopic (exact) mass is 323 g/mol. The lowest BCUT2D eigenvalue weighted by Gasteiger charge is -2.42. The predicted octanol–water partition coefficient (Wildman–Crippen LogP) is 1.34. The molecule has 1 aromatic rings. The zero-order chi connectivity index (χ0) is 16.7. The molecule has 124 valence electrons. The molecule has 2 saturated heterocycles. The lowest BCUT2D eigenvalue weighted by atomic mass is 9.77. The van der Waals surface area contributed by atoms with E-state index in [4.69, 9.17) is 0 Å². The number of likely N-dealkylation sites (tertiary alicyclic amines) is 2. The van der Waals surface area contributed by atoms with Gasteiger partial charge in [0, 0.05) is 38.4 Å². The summed E-state index contributed by atoms with van der Waals surface area (Å²) >= 11 is 0. The van der Waals surface area contributed by atoms with Crippen molar-refractivity contribution in [2.24, 2.45) is 5.41 Å². The molecule has 0 aromatic carbocycles. The Hall–Kier alpha value is -2.05. The topological polar surface area (TPSA) is 53.5 Å². The summed E-state index contributed by atoms with van der Waals surface area (Å²) in [5.41, 5.74) is -0.605. The Morgan fingerprint density at radius 2 is 2.13 bits per heavy atom. The van der Waals surface area contributed by atoms with E-state index >= 15 is 0 Å². The van der Waals surface area contributed by atoms with Gasteiger partial charge in [-0.15, -0.1) is 0 Å². The summed E-state index contributed by atoms with van der Waals surface area (Å²) in [6.45, 7) is -0.105. The van der Waals surface area contributed by atoms with E-state index in [1.54, 1.807) is 31.4 Å². The maximum absolute atomic E-state index is 14.2. The van der Waals surface area contributed by atoms with Crippen molar-refractivity contribution in [3.63, 3.8) is 0 Å². The first kappa shape index (κ1) is 15.8. The minimum Gasteiger partial charge on any atom is -0.345 e. The molecule has 0 N–H and O–H groups in total. The largest absolute Gasteiger partial charge is 0.345 e. The average Bonchev–Trinajstić information content (AvgIpc) is 2.75. The third-order valence-electron chi connectivity index (χ3n) is 4.65. The first-order valence-corrected chi connectivity index (χ1v) is 7.62. The first-order valence-electron chi connectivity index (χ1n) is 7.62. The smallest absolute Gasteiger partial charge is 0.266 e. The second-order valence-electron chi connectivity index (χ2n) is 6.54. The third kappa shape index (κ3) is 3.04. The molecule has 0 unspecified atom stereocenters. The van der Waals surface area contributed by atoms with E-state index in [0.29, 0.717) is 18.7 Å². The fraction of sp³-hybridized carbons (Fsp3) is 0.562.